The first-order chi connectivity index (χ1) is 17.7. The van der Waals surface area contributed by atoms with Gasteiger partial charge in [0.15, 0.2) is 5.13 Å². The molecule has 4 aromatic rings. The van der Waals surface area contributed by atoms with Crippen LogP contribution in [0.2, 0.25) is 0 Å². The van der Waals surface area contributed by atoms with Crippen LogP contribution in [0.1, 0.15) is 22.3 Å². The van der Waals surface area contributed by atoms with Gasteiger partial charge in [0, 0.05) is 18.7 Å². The number of rotatable bonds is 8. The van der Waals surface area contributed by atoms with E-state index in [0.29, 0.717) is 52.5 Å². The Morgan fingerprint density at radius 1 is 1.05 bits per heavy atom. The monoisotopic (exact) mass is 538 g/mol. The molecule has 0 N–H and O–H groups in total. The van der Waals surface area contributed by atoms with Crippen molar-refractivity contribution >= 4 is 48.3 Å². The number of sulfonamides is 1. The first-order valence-corrected chi connectivity index (χ1v) is 14.2. The van der Waals surface area contributed by atoms with Crippen LogP contribution in [-0.2, 0) is 16.4 Å². The molecule has 0 unspecified atom stereocenters. The van der Waals surface area contributed by atoms with Gasteiger partial charge in [0.2, 0.25) is 0 Å². The van der Waals surface area contributed by atoms with Crippen LogP contribution in [0.25, 0.3) is 10.2 Å². The van der Waals surface area contributed by atoms with Gasteiger partial charge in [-0.25, -0.2) is 17.8 Å². The van der Waals surface area contributed by atoms with Crippen LogP contribution in [0.15, 0.2) is 71.6 Å². The summed E-state index contributed by atoms with van der Waals surface area (Å²) >= 11 is 1.26. The third-order valence-corrected chi connectivity index (χ3v) is 9.20. The molecule has 0 bridgehead atoms. The van der Waals surface area contributed by atoms with E-state index in [0.717, 1.165) is 12.1 Å². The number of halogens is 1. The maximum Gasteiger partial charge on any atom is 0.264 e. The van der Waals surface area contributed by atoms with Gasteiger partial charge in [0.25, 0.3) is 15.9 Å². The molecule has 0 fully saturated rings. The second-order valence-corrected chi connectivity index (χ2v) is 12.1. The Hall–Kier alpha value is -3.34. The summed E-state index contributed by atoms with van der Waals surface area (Å²) in [6.07, 6.45) is 1.38. The van der Waals surface area contributed by atoms with E-state index in [2.05, 4.69) is 4.98 Å². The normalized spacial score (nSPS) is 13.4. The van der Waals surface area contributed by atoms with Crippen LogP contribution in [-0.4, -0.2) is 57.9 Å². The zero-order valence-corrected chi connectivity index (χ0v) is 22.2. The third kappa shape index (κ3) is 5.09. The largest absolute Gasteiger partial charge is 0.309 e. The molecule has 3 aromatic carbocycles. The van der Waals surface area contributed by atoms with Crippen LogP contribution in [0, 0.1) is 5.82 Å². The number of fused-ring (bicyclic) bond motifs is 2. The highest BCUT2D eigenvalue weighted by atomic mass is 32.2. The molecule has 0 saturated heterocycles. The van der Waals surface area contributed by atoms with Gasteiger partial charge in [-0.2, -0.15) is 0 Å². The summed E-state index contributed by atoms with van der Waals surface area (Å²) in [5.74, 6) is -0.639. The molecule has 5 rings (SSSR count). The van der Waals surface area contributed by atoms with Gasteiger partial charge >= 0.3 is 0 Å². The summed E-state index contributed by atoms with van der Waals surface area (Å²) in [4.78, 5) is 21.9. The number of carbonyl (C=O) groups is 1. The van der Waals surface area contributed by atoms with Crippen molar-refractivity contribution in [2.24, 2.45) is 0 Å². The molecular formula is C27H27FN4O3S2. The summed E-state index contributed by atoms with van der Waals surface area (Å²) in [5.41, 5.74) is 2.68. The van der Waals surface area contributed by atoms with Gasteiger partial charge < -0.3 is 4.90 Å². The third-order valence-electron chi connectivity index (χ3n) is 6.34. The fourth-order valence-corrected chi connectivity index (χ4v) is 6.96. The Morgan fingerprint density at radius 2 is 1.81 bits per heavy atom. The molecule has 7 nitrogen and oxygen atoms in total. The molecule has 0 atom stereocenters. The van der Waals surface area contributed by atoms with Gasteiger partial charge in [0.1, 0.15) is 5.82 Å². The van der Waals surface area contributed by atoms with Crippen molar-refractivity contribution in [2.75, 3.05) is 42.9 Å². The molecule has 192 valence electrons. The molecule has 0 spiro atoms. The number of anilines is 2. The lowest BCUT2D eigenvalue weighted by molar-refractivity contribution is 0.0986. The molecular weight excluding hydrogens is 511 g/mol. The number of nitrogens with zero attached hydrogens (tertiary/aromatic N) is 4. The van der Waals surface area contributed by atoms with Crippen molar-refractivity contribution in [1.29, 1.82) is 0 Å². The van der Waals surface area contributed by atoms with Crippen molar-refractivity contribution in [3.8, 4) is 0 Å². The van der Waals surface area contributed by atoms with Crippen molar-refractivity contribution < 1.29 is 17.6 Å². The van der Waals surface area contributed by atoms with Gasteiger partial charge in [0.05, 0.1) is 20.8 Å². The SMILES string of the molecule is CN(C)CCCN(C(=O)c1ccc(S(=O)(=O)N2CCc3ccccc32)cc1)c1nc2ccc(F)cc2s1. The first kappa shape index (κ1) is 25.3. The van der Waals surface area contributed by atoms with E-state index < -0.39 is 10.0 Å². The average Bonchev–Trinajstić information content (AvgIpc) is 3.50. The highest BCUT2D eigenvalue weighted by Crippen LogP contribution is 2.33. The van der Waals surface area contributed by atoms with Gasteiger partial charge in [-0.05, 0) is 87.6 Å². The molecule has 1 amide bonds. The molecule has 0 saturated carbocycles. The summed E-state index contributed by atoms with van der Waals surface area (Å²) in [5, 5.41) is 0.481. The standard InChI is InChI=1S/C27H27FN4O3S2/c1-30(2)15-5-16-31(27-29-23-13-10-21(28)18-25(23)36-27)26(33)20-8-11-22(12-9-20)37(34,35)32-17-14-19-6-3-4-7-24(19)32/h3-4,6-13,18H,5,14-17H2,1-2H3. The number of hydrogen-bond acceptors (Lipinski definition) is 6. The zero-order chi connectivity index (χ0) is 26.2. The molecule has 2 heterocycles. The minimum atomic E-state index is -3.75. The van der Waals surface area contributed by atoms with E-state index in [1.807, 2.05) is 43.3 Å². The van der Waals surface area contributed by atoms with Crippen LogP contribution in [0.3, 0.4) is 0 Å². The fraction of sp³-hybridized carbons (Fsp3) is 0.259. The Balaban J connectivity index is 1.42. The fourth-order valence-electron chi connectivity index (χ4n) is 4.44. The van der Waals surface area contributed by atoms with Crippen molar-refractivity contribution in [3.63, 3.8) is 0 Å². The maximum absolute atomic E-state index is 13.7. The number of para-hydroxylation sites is 1. The predicted octanol–water partition coefficient (Wildman–Crippen LogP) is 4.79. The van der Waals surface area contributed by atoms with Crippen LogP contribution >= 0.6 is 11.3 Å². The lowest BCUT2D eigenvalue weighted by atomic mass is 10.2. The lowest BCUT2D eigenvalue weighted by Crippen LogP contribution is -2.33. The minimum absolute atomic E-state index is 0.135. The number of hydrogen-bond donors (Lipinski definition) is 0. The van der Waals surface area contributed by atoms with Crippen molar-refractivity contribution in [2.45, 2.75) is 17.7 Å². The van der Waals surface area contributed by atoms with Crippen LogP contribution in [0.5, 0.6) is 0 Å². The smallest absolute Gasteiger partial charge is 0.264 e. The molecule has 10 heteroatoms. The predicted molar refractivity (Wildman–Crippen MR) is 146 cm³/mol. The summed E-state index contributed by atoms with van der Waals surface area (Å²) < 4.78 is 42.5. The van der Waals surface area contributed by atoms with E-state index in [9.17, 15) is 17.6 Å². The molecule has 0 radical (unpaired) electrons. The second kappa shape index (κ2) is 10.2. The van der Waals surface area contributed by atoms with E-state index in [1.54, 1.807) is 23.1 Å². The van der Waals surface area contributed by atoms with E-state index in [4.69, 9.17) is 0 Å². The Kier molecular flexibility index (Phi) is 6.98. The summed E-state index contributed by atoms with van der Waals surface area (Å²) in [6, 6.07) is 17.9. The average molecular weight is 539 g/mol. The molecule has 1 aromatic heterocycles. The second-order valence-electron chi connectivity index (χ2n) is 9.20. The molecule has 1 aliphatic rings. The minimum Gasteiger partial charge on any atom is -0.309 e. The van der Waals surface area contributed by atoms with E-state index >= 15 is 0 Å². The van der Waals surface area contributed by atoms with Crippen LogP contribution < -0.4 is 9.21 Å². The number of aromatic nitrogens is 1. The summed E-state index contributed by atoms with van der Waals surface area (Å²) in [7, 11) is 0.171. The molecule has 1 aliphatic heterocycles. The van der Waals surface area contributed by atoms with E-state index in [-0.39, 0.29) is 16.6 Å². The lowest BCUT2D eigenvalue weighted by Gasteiger charge is -2.22. The Labute approximate surface area is 219 Å². The van der Waals surface area contributed by atoms with Crippen LogP contribution in [0.4, 0.5) is 15.2 Å². The highest BCUT2D eigenvalue weighted by molar-refractivity contribution is 7.92. The molecule has 37 heavy (non-hydrogen) atoms. The molecule has 0 aliphatic carbocycles. The van der Waals surface area contributed by atoms with Gasteiger partial charge in [-0.1, -0.05) is 29.5 Å². The van der Waals surface area contributed by atoms with Crippen molar-refractivity contribution in [3.05, 3.63) is 83.7 Å². The number of carbonyl (C=O) groups excluding carboxylic acids is 1. The van der Waals surface area contributed by atoms with Gasteiger partial charge in [-0.15, -0.1) is 0 Å². The number of benzene rings is 3. The topological polar surface area (TPSA) is 73.8 Å². The van der Waals surface area contributed by atoms with Crippen molar-refractivity contribution in [1.82, 2.24) is 9.88 Å². The first-order valence-electron chi connectivity index (χ1n) is 12.0. The summed E-state index contributed by atoms with van der Waals surface area (Å²) in [6.45, 7) is 1.59. The number of thiazole rings is 1. The van der Waals surface area contributed by atoms with E-state index in [1.165, 1.54) is 39.9 Å². The maximum atomic E-state index is 13.7. The quantitative estimate of drug-likeness (QED) is 0.323. The Morgan fingerprint density at radius 3 is 2.57 bits per heavy atom. The highest BCUT2D eigenvalue weighted by Gasteiger charge is 2.31. The Bertz CT molecular complexity index is 1550. The number of amides is 1. The zero-order valence-electron chi connectivity index (χ0n) is 20.6. The van der Waals surface area contributed by atoms with Gasteiger partial charge in [-0.3, -0.25) is 14.0 Å².